The molecule has 0 radical (unpaired) electrons. The van der Waals surface area contributed by atoms with E-state index in [1.807, 2.05) is 0 Å². The van der Waals surface area contributed by atoms with Gasteiger partial charge >= 0.3 is 0 Å². The van der Waals surface area contributed by atoms with Crippen LogP contribution in [0.2, 0.25) is 0 Å². The fraction of sp³-hybridized carbons (Fsp3) is 0.308. The Hall–Kier alpha value is -1.82. The molecule has 3 nitrogen and oxygen atoms in total. The summed E-state index contributed by atoms with van der Waals surface area (Å²) in [6.45, 7) is 0.885. The van der Waals surface area contributed by atoms with Crippen molar-refractivity contribution in [3.05, 3.63) is 47.8 Å². The van der Waals surface area contributed by atoms with Gasteiger partial charge in [-0.05, 0) is 19.4 Å². The molecule has 6 heteroatoms. The van der Waals surface area contributed by atoms with Crippen LogP contribution in [0.15, 0.2) is 24.7 Å². The van der Waals surface area contributed by atoms with E-state index in [9.17, 15) is 13.2 Å². The Bertz CT molecular complexity index is 603. The number of rotatable bonds is 2. The number of hydrogen-bond donors (Lipinski definition) is 1. The number of nitrogens with one attached hydrogen (secondary N) is 1. The first-order valence-corrected chi connectivity index (χ1v) is 6.07. The van der Waals surface area contributed by atoms with E-state index in [1.165, 1.54) is 10.9 Å². The molecule has 19 heavy (non-hydrogen) atoms. The molecular weight excluding hydrogens is 255 g/mol. The Kier molecular flexibility index (Phi) is 3.02. The number of nitrogens with zero attached hydrogens (tertiary/aromatic N) is 2. The normalized spacial score (nSPS) is 19.0. The third kappa shape index (κ3) is 2.12. The molecule has 1 aromatic heterocycles. The van der Waals surface area contributed by atoms with Gasteiger partial charge in [0.1, 0.15) is 5.82 Å². The van der Waals surface area contributed by atoms with Gasteiger partial charge in [-0.1, -0.05) is 0 Å². The van der Waals surface area contributed by atoms with E-state index in [0.29, 0.717) is 6.07 Å². The van der Waals surface area contributed by atoms with Crippen LogP contribution in [0, 0.1) is 17.5 Å². The minimum Gasteiger partial charge on any atom is -0.309 e. The highest BCUT2D eigenvalue weighted by atomic mass is 19.2. The van der Waals surface area contributed by atoms with Gasteiger partial charge in [0.2, 0.25) is 0 Å². The van der Waals surface area contributed by atoms with Crippen LogP contribution in [0.5, 0.6) is 0 Å². The summed E-state index contributed by atoms with van der Waals surface area (Å²) in [5.74, 6) is -3.08. The van der Waals surface area contributed by atoms with Gasteiger partial charge in [-0.25, -0.2) is 18.2 Å². The first-order chi connectivity index (χ1) is 9.16. The quantitative estimate of drug-likeness (QED) is 0.848. The molecule has 100 valence electrons. The lowest BCUT2D eigenvalue weighted by Gasteiger charge is -2.14. The van der Waals surface area contributed by atoms with E-state index < -0.39 is 17.5 Å². The zero-order chi connectivity index (χ0) is 13.4. The summed E-state index contributed by atoms with van der Waals surface area (Å²) < 4.78 is 41.5. The molecule has 0 spiro atoms. The molecule has 0 unspecified atom stereocenters. The molecule has 1 saturated heterocycles. The van der Waals surface area contributed by atoms with Crippen LogP contribution in [0.25, 0.3) is 5.69 Å². The van der Waals surface area contributed by atoms with Crippen molar-refractivity contribution in [2.24, 2.45) is 0 Å². The van der Waals surface area contributed by atoms with Crippen molar-refractivity contribution in [1.82, 2.24) is 14.9 Å². The third-order valence-electron chi connectivity index (χ3n) is 3.33. The van der Waals surface area contributed by atoms with Gasteiger partial charge < -0.3 is 5.32 Å². The smallest absolute Gasteiger partial charge is 0.161 e. The van der Waals surface area contributed by atoms with Gasteiger partial charge in [-0.15, -0.1) is 0 Å². The molecule has 2 aromatic rings. The lowest BCUT2D eigenvalue weighted by Crippen LogP contribution is -2.16. The SMILES string of the molecule is Fc1cc(F)c(-n2cncc2[C@@H]2CCCN2)cc1F. The first kappa shape index (κ1) is 12.2. The van der Waals surface area contributed by atoms with Gasteiger partial charge in [0.25, 0.3) is 0 Å². The summed E-state index contributed by atoms with van der Waals surface area (Å²) in [4.78, 5) is 3.98. The zero-order valence-corrected chi connectivity index (χ0v) is 10.0. The number of aromatic nitrogens is 2. The van der Waals surface area contributed by atoms with Gasteiger partial charge in [0.05, 0.1) is 23.9 Å². The summed E-state index contributed by atoms with van der Waals surface area (Å²) >= 11 is 0. The van der Waals surface area contributed by atoms with E-state index in [4.69, 9.17) is 0 Å². The maximum atomic E-state index is 13.8. The van der Waals surface area contributed by atoms with Crippen LogP contribution in [0.4, 0.5) is 13.2 Å². The molecule has 1 atom stereocenters. The second-order valence-electron chi connectivity index (χ2n) is 4.56. The van der Waals surface area contributed by atoms with Crippen molar-refractivity contribution in [3.63, 3.8) is 0 Å². The van der Waals surface area contributed by atoms with Crippen molar-refractivity contribution in [3.8, 4) is 5.69 Å². The molecule has 0 bridgehead atoms. The third-order valence-corrected chi connectivity index (χ3v) is 3.33. The molecule has 1 aliphatic rings. The van der Waals surface area contributed by atoms with Crippen LogP contribution in [-0.2, 0) is 0 Å². The predicted octanol–water partition coefficient (Wildman–Crippen LogP) is 2.71. The van der Waals surface area contributed by atoms with Gasteiger partial charge in [-0.2, -0.15) is 0 Å². The summed E-state index contributed by atoms with van der Waals surface area (Å²) in [5, 5.41) is 3.26. The van der Waals surface area contributed by atoms with E-state index in [2.05, 4.69) is 10.3 Å². The lowest BCUT2D eigenvalue weighted by atomic mass is 10.1. The van der Waals surface area contributed by atoms with Crippen molar-refractivity contribution in [1.29, 1.82) is 0 Å². The summed E-state index contributed by atoms with van der Waals surface area (Å²) in [5.41, 5.74) is 0.725. The standard InChI is InChI=1S/C13H12F3N3/c14-8-4-10(16)12(5-9(8)15)19-7-17-6-13(19)11-2-1-3-18-11/h4-7,11,18H,1-3H2/t11-/m0/s1. The van der Waals surface area contributed by atoms with E-state index >= 15 is 0 Å². The number of benzene rings is 1. The second-order valence-corrected chi connectivity index (χ2v) is 4.56. The molecule has 0 aliphatic carbocycles. The lowest BCUT2D eigenvalue weighted by molar-refractivity contribution is 0.491. The largest absolute Gasteiger partial charge is 0.309 e. The average molecular weight is 267 g/mol. The fourth-order valence-electron chi connectivity index (χ4n) is 2.40. The Balaban J connectivity index is 2.07. The van der Waals surface area contributed by atoms with Gasteiger partial charge in [0.15, 0.2) is 11.6 Å². The highest BCUT2D eigenvalue weighted by molar-refractivity contribution is 5.37. The fourth-order valence-corrected chi connectivity index (χ4v) is 2.40. The molecule has 2 heterocycles. The Labute approximate surface area is 108 Å². The summed E-state index contributed by atoms with van der Waals surface area (Å²) in [6.07, 6.45) is 4.96. The molecule has 1 fully saturated rings. The molecular formula is C13H12F3N3. The van der Waals surface area contributed by atoms with Crippen LogP contribution in [0.3, 0.4) is 0 Å². The number of hydrogen-bond acceptors (Lipinski definition) is 2. The highest BCUT2D eigenvalue weighted by Gasteiger charge is 2.22. The monoisotopic (exact) mass is 267 g/mol. The maximum absolute atomic E-state index is 13.8. The number of halogens is 3. The highest BCUT2D eigenvalue weighted by Crippen LogP contribution is 2.26. The van der Waals surface area contributed by atoms with Crippen LogP contribution in [-0.4, -0.2) is 16.1 Å². The molecule has 1 aliphatic heterocycles. The Morgan fingerprint density at radius 1 is 1.16 bits per heavy atom. The topological polar surface area (TPSA) is 29.9 Å². The predicted molar refractivity (Wildman–Crippen MR) is 63.4 cm³/mol. The van der Waals surface area contributed by atoms with Crippen LogP contribution >= 0.6 is 0 Å². The van der Waals surface area contributed by atoms with E-state index in [1.54, 1.807) is 6.20 Å². The van der Waals surface area contributed by atoms with Crippen molar-refractivity contribution >= 4 is 0 Å². The van der Waals surface area contributed by atoms with Crippen molar-refractivity contribution in [2.75, 3.05) is 6.54 Å². The van der Waals surface area contributed by atoms with Crippen LogP contribution < -0.4 is 5.32 Å². The summed E-state index contributed by atoms with van der Waals surface area (Å²) in [6, 6.07) is 1.47. The Morgan fingerprint density at radius 3 is 2.68 bits per heavy atom. The molecule has 0 saturated carbocycles. The molecule has 3 rings (SSSR count). The van der Waals surface area contributed by atoms with Crippen molar-refractivity contribution in [2.45, 2.75) is 18.9 Å². The minimum atomic E-state index is -1.19. The maximum Gasteiger partial charge on any atom is 0.161 e. The van der Waals surface area contributed by atoms with E-state index in [0.717, 1.165) is 31.1 Å². The zero-order valence-electron chi connectivity index (χ0n) is 10.0. The minimum absolute atomic E-state index is 0.0277. The second kappa shape index (κ2) is 4.70. The molecule has 0 amide bonds. The Morgan fingerprint density at radius 2 is 1.95 bits per heavy atom. The van der Waals surface area contributed by atoms with E-state index in [-0.39, 0.29) is 11.7 Å². The average Bonchev–Trinajstić information content (AvgIpc) is 3.03. The summed E-state index contributed by atoms with van der Waals surface area (Å²) in [7, 11) is 0. The van der Waals surface area contributed by atoms with Gasteiger partial charge in [0, 0.05) is 18.2 Å². The molecule has 1 N–H and O–H groups in total. The number of imidazole rings is 1. The van der Waals surface area contributed by atoms with Gasteiger partial charge in [-0.3, -0.25) is 4.57 Å². The van der Waals surface area contributed by atoms with Crippen molar-refractivity contribution < 1.29 is 13.2 Å². The van der Waals surface area contributed by atoms with Crippen LogP contribution in [0.1, 0.15) is 24.6 Å². The first-order valence-electron chi connectivity index (χ1n) is 6.07. The molecule has 1 aromatic carbocycles.